The highest BCUT2D eigenvalue weighted by molar-refractivity contribution is 8.00. The number of carboxylic acid groups (broad SMARTS) is 1. The van der Waals surface area contributed by atoms with Crippen LogP contribution in [0, 0.1) is 6.92 Å². The molecule has 1 aromatic rings. The molecular weight excluding hydrogens is 298 g/mol. The van der Waals surface area contributed by atoms with Crippen LogP contribution < -0.4 is 0 Å². The first kappa shape index (κ1) is 16.9. The van der Waals surface area contributed by atoms with Gasteiger partial charge in [-0.05, 0) is 38.8 Å². The first-order valence-electron chi connectivity index (χ1n) is 7.67. The van der Waals surface area contributed by atoms with Gasteiger partial charge in [-0.25, -0.2) is 4.79 Å². The van der Waals surface area contributed by atoms with E-state index in [0.29, 0.717) is 10.8 Å². The second kappa shape index (κ2) is 7.18. The summed E-state index contributed by atoms with van der Waals surface area (Å²) in [6, 6.07) is 5.03. The molecular formula is C17H23NO3S. The summed E-state index contributed by atoms with van der Waals surface area (Å²) in [5.74, 6) is -1.22. The van der Waals surface area contributed by atoms with E-state index in [0.717, 1.165) is 10.5 Å². The Hall–Kier alpha value is -1.49. The lowest BCUT2D eigenvalue weighted by atomic mass is 10.1. The molecule has 1 fully saturated rings. The highest BCUT2D eigenvalue weighted by Gasteiger charge is 2.26. The van der Waals surface area contributed by atoms with E-state index in [4.69, 9.17) is 5.11 Å². The zero-order valence-electron chi connectivity index (χ0n) is 13.3. The van der Waals surface area contributed by atoms with Gasteiger partial charge < -0.3 is 10.0 Å². The summed E-state index contributed by atoms with van der Waals surface area (Å²) < 4.78 is 0. The molecule has 1 aliphatic carbocycles. The van der Waals surface area contributed by atoms with Gasteiger partial charge in [0, 0.05) is 17.2 Å². The topological polar surface area (TPSA) is 57.6 Å². The van der Waals surface area contributed by atoms with Crippen molar-refractivity contribution in [1.29, 1.82) is 0 Å². The maximum atomic E-state index is 12.7. The highest BCUT2D eigenvalue weighted by Crippen LogP contribution is 2.37. The van der Waals surface area contributed by atoms with Crippen LogP contribution >= 0.6 is 11.8 Å². The number of hydrogen-bond acceptors (Lipinski definition) is 3. The van der Waals surface area contributed by atoms with Gasteiger partial charge in [-0.3, -0.25) is 4.79 Å². The van der Waals surface area contributed by atoms with E-state index in [9.17, 15) is 9.59 Å². The highest BCUT2D eigenvalue weighted by atomic mass is 32.2. The number of carbonyl (C=O) groups excluding carboxylic acids is 1. The first-order valence-corrected chi connectivity index (χ1v) is 8.55. The van der Waals surface area contributed by atoms with E-state index in [-0.39, 0.29) is 5.91 Å². The van der Waals surface area contributed by atoms with Gasteiger partial charge in [0.05, 0.1) is 5.56 Å². The van der Waals surface area contributed by atoms with Crippen molar-refractivity contribution in [3.63, 3.8) is 0 Å². The lowest BCUT2D eigenvalue weighted by Gasteiger charge is -2.23. The molecule has 1 aromatic carbocycles. The number of hydrogen-bond donors (Lipinski definition) is 1. The van der Waals surface area contributed by atoms with Crippen LogP contribution in [0.3, 0.4) is 0 Å². The van der Waals surface area contributed by atoms with Gasteiger partial charge in [0.1, 0.15) is 6.04 Å². The third-order valence-corrected chi connectivity index (χ3v) is 5.63. The smallest absolute Gasteiger partial charge is 0.326 e. The predicted octanol–water partition coefficient (Wildman–Crippen LogP) is 3.57. The average molecular weight is 321 g/mol. The molecule has 0 saturated heterocycles. The third-order valence-electron chi connectivity index (χ3n) is 4.22. The molecule has 4 nitrogen and oxygen atoms in total. The van der Waals surface area contributed by atoms with Gasteiger partial charge in [-0.2, -0.15) is 0 Å². The van der Waals surface area contributed by atoms with Crippen molar-refractivity contribution in [1.82, 2.24) is 4.90 Å². The van der Waals surface area contributed by atoms with E-state index >= 15 is 0 Å². The van der Waals surface area contributed by atoms with E-state index < -0.39 is 12.0 Å². The Bertz CT molecular complexity index is 567. The summed E-state index contributed by atoms with van der Waals surface area (Å²) in [5.41, 5.74) is 1.63. The number of thioether (sulfide) groups is 1. The third kappa shape index (κ3) is 3.83. The fourth-order valence-corrected chi connectivity index (χ4v) is 3.98. The molecule has 0 heterocycles. The summed E-state index contributed by atoms with van der Waals surface area (Å²) in [5, 5.41) is 9.67. The van der Waals surface area contributed by atoms with Crippen LogP contribution in [0.25, 0.3) is 0 Å². The Morgan fingerprint density at radius 3 is 2.55 bits per heavy atom. The van der Waals surface area contributed by atoms with Crippen LogP contribution in [0.1, 0.15) is 48.5 Å². The van der Waals surface area contributed by atoms with Crippen molar-refractivity contribution in [2.24, 2.45) is 0 Å². The monoisotopic (exact) mass is 321 g/mol. The molecule has 0 aromatic heterocycles. The second-order valence-electron chi connectivity index (χ2n) is 5.95. The molecule has 5 heteroatoms. The van der Waals surface area contributed by atoms with Gasteiger partial charge in [0.15, 0.2) is 0 Å². The average Bonchev–Trinajstić information content (AvgIpc) is 2.99. The molecule has 0 bridgehead atoms. The van der Waals surface area contributed by atoms with Crippen molar-refractivity contribution >= 4 is 23.6 Å². The molecule has 1 saturated carbocycles. The summed E-state index contributed by atoms with van der Waals surface area (Å²) in [4.78, 5) is 26.1. The second-order valence-corrected chi connectivity index (χ2v) is 7.30. The maximum absolute atomic E-state index is 12.7. The standard InChI is InChI=1S/C17H23NO3S/c1-11-8-9-15(22-13-6-4-5-7-13)14(10-11)16(19)18(3)12(2)17(20)21/h8-10,12-13H,4-7H2,1-3H3,(H,20,21). The molecule has 2 rings (SSSR count). The van der Waals surface area contributed by atoms with Crippen LogP contribution in [-0.2, 0) is 4.79 Å². The number of amides is 1. The lowest BCUT2D eigenvalue weighted by Crippen LogP contribution is -2.40. The molecule has 1 amide bonds. The van der Waals surface area contributed by atoms with Crippen LogP contribution in [0.2, 0.25) is 0 Å². The van der Waals surface area contributed by atoms with Crippen molar-refractivity contribution in [2.45, 2.75) is 55.7 Å². The van der Waals surface area contributed by atoms with Crippen LogP contribution in [0.4, 0.5) is 0 Å². The zero-order chi connectivity index (χ0) is 16.3. The summed E-state index contributed by atoms with van der Waals surface area (Å²) in [7, 11) is 1.55. The normalized spacial score (nSPS) is 16.5. The van der Waals surface area contributed by atoms with E-state index in [2.05, 4.69) is 0 Å². The summed E-state index contributed by atoms with van der Waals surface area (Å²) in [6.45, 7) is 3.47. The number of carbonyl (C=O) groups is 2. The van der Waals surface area contributed by atoms with E-state index in [1.807, 2.05) is 25.1 Å². The minimum Gasteiger partial charge on any atom is -0.480 e. The number of aliphatic carboxylic acids is 1. The molecule has 0 spiro atoms. The molecule has 0 radical (unpaired) electrons. The van der Waals surface area contributed by atoms with Crippen molar-refractivity contribution < 1.29 is 14.7 Å². The van der Waals surface area contributed by atoms with Crippen LogP contribution in [0.15, 0.2) is 23.1 Å². The largest absolute Gasteiger partial charge is 0.480 e. The van der Waals surface area contributed by atoms with Gasteiger partial charge >= 0.3 is 5.97 Å². The number of nitrogens with zero attached hydrogens (tertiary/aromatic N) is 1. The van der Waals surface area contributed by atoms with Crippen molar-refractivity contribution in [3.05, 3.63) is 29.3 Å². The molecule has 22 heavy (non-hydrogen) atoms. The molecule has 1 aliphatic rings. The predicted molar refractivity (Wildman–Crippen MR) is 88.5 cm³/mol. The number of aryl methyl sites for hydroxylation is 1. The Labute approximate surface area is 135 Å². The van der Waals surface area contributed by atoms with Crippen LogP contribution in [0.5, 0.6) is 0 Å². The van der Waals surface area contributed by atoms with E-state index in [1.165, 1.54) is 37.5 Å². The zero-order valence-corrected chi connectivity index (χ0v) is 14.2. The quantitative estimate of drug-likeness (QED) is 0.900. The van der Waals surface area contributed by atoms with Gasteiger partial charge in [-0.15, -0.1) is 11.8 Å². The summed E-state index contributed by atoms with van der Waals surface area (Å²) >= 11 is 1.76. The fraction of sp³-hybridized carbons (Fsp3) is 0.529. The van der Waals surface area contributed by atoms with E-state index in [1.54, 1.807) is 18.8 Å². The van der Waals surface area contributed by atoms with Gasteiger partial charge in [-0.1, -0.05) is 24.5 Å². The van der Waals surface area contributed by atoms with Crippen molar-refractivity contribution in [2.75, 3.05) is 7.05 Å². The fourth-order valence-electron chi connectivity index (χ4n) is 2.63. The van der Waals surface area contributed by atoms with Gasteiger partial charge in [0.2, 0.25) is 0 Å². The Morgan fingerprint density at radius 2 is 1.95 bits per heavy atom. The summed E-state index contributed by atoms with van der Waals surface area (Å²) in [6.07, 6.45) is 4.88. The SMILES string of the molecule is Cc1ccc(SC2CCCC2)c(C(=O)N(C)C(C)C(=O)O)c1. The molecule has 1 N–H and O–H groups in total. The molecule has 1 unspecified atom stereocenters. The molecule has 1 atom stereocenters. The number of rotatable bonds is 5. The van der Waals surface area contributed by atoms with Crippen molar-refractivity contribution in [3.8, 4) is 0 Å². The number of carboxylic acids is 1. The Morgan fingerprint density at radius 1 is 1.32 bits per heavy atom. The maximum Gasteiger partial charge on any atom is 0.326 e. The lowest BCUT2D eigenvalue weighted by molar-refractivity contribution is -0.141. The van der Waals surface area contributed by atoms with Crippen LogP contribution in [-0.4, -0.2) is 40.2 Å². The Kier molecular flexibility index (Phi) is 5.51. The minimum atomic E-state index is -0.992. The molecule has 0 aliphatic heterocycles. The van der Waals surface area contributed by atoms with Gasteiger partial charge in [0.25, 0.3) is 5.91 Å². The molecule has 120 valence electrons. The number of likely N-dealkylation sites (N-methyl/N-ethyl adjacent to an activating group) is 1. The number of benzene rings is 1. The minimum absolute atomic E-state index is 0.223. The Balaban J connectivity index is 2.25. The first-order chi connectivity index (χ1) is 10.4.